The van der Waals surface area contributed by atoms with E-state index in [2.05, 4.69) is 56.3 Å². The van der Waals surface area contributed by atoms with Crippen LogP contribution >= 0.6 is 0 Å². The van der Waals surface area contributed by atoms with Gasteiger partial charge in [0.2, 0.25) is 0 Å². The average Bonchev–Trinajstić information content (AvgIpc) is 2.35. The van der Waals surface area contributed by atoms with Crippen molar-refractivity contribution in [3.05, 3.63) is 48.0 Å². The standard InChI is InChI=1S/C16H18O/c1-16(2)14(10-15(16)17)13-9-5-7-11-6-3-4-8-12(11)13/h3-9,14-15,17H,10H2,1-2H3. The van der Waals surface area contributed by atoms with Crippen LogP contribution in [0.15, 0.2) is 42.5 Å². The van der Waals surface area contributed by atoms with Crippen LogP contribution in [-0.2, 0) is 0 Å². The van der Waals surface area contributed by atoms with Gasteiger partial charge >= 0.3 is 0 Å². The molecule has 0 aliphatic heterocycles. The Morgan fingerprint density at radius 2 is 1.76 bits per heavy atom. The molecule has 2 aromatic carbocycles. The van der Waals surface area contributed by atoms with Crippen molar-refractivity contribution in [2.45, 2.75) is 32.3 Å². The molecule has 0 radical (unpaired) electrons. The summed E-state index contributed by atoms with van der Waals surface area (Å²) in [6, 6.07) is 15.0. The van der Waals surface area contributed by atoms with Crippen LogP contribution in [-0.4, -0.2) is 11.2 Å². The van der Waals surface area contributed by atoms with Crippen LogP contribution in [0.25, 0.3) is 10.8 Å². The van der Waals surface area contributed by atoms with Gasteiger partial charge in [-0.15, -0.1) is 0 Å². The molecule has 0 saturated heterocycles. The van der Waals surface area contributed by atoms with Crippen LogP contribution in [0.1, 0.15) is 31.7 Å². The summed E-state index contributed by atoms with van der Waals surface area (Å²) in [4.78, 5) is 0. The highest BCUT2D eigenvalue weighted by atomic mass is 16.3. The maximum Gasteiger partial charge on any atom is 0.0603 e. The van der Waals surface area contributed by atoms with Crippen molar-refractivity contribution >= 4 is 10.8 Å². The molecule has 2 unspecified atom stereocenters. The highest BCUT2D eigenvalue weighted by Crippen LogP contribution is 2.53. The van der Waals surface area contributed by atoms with Crippen LogP contribution in [0, 0.1) is 5.41 Å². The zero-order chi connectivity index (χ0) is 12.0. The minimum atomic E-state index is -0.161. The maximum absolute atomic E-state index is 9.88. The second-order valence-electron chi connectivity index (χ2n) is 5.69. The smallest absolute Gasteiger partial charge is 0.0603 e. The van der Waals surface area contributed by atoms with Crippen LogP contribution in [0.5, 0.6) is 0 Å². The lowest BCUT2D eigenvalue weighted by Gasteiger charge is -2.50. The topological polar surface area (TPSA) is 20.2 Å². The largest absolute Gasteiger partial charge is 0.393 e. The summed E-state index contributed by atoms with van der Waals surface area (Å²) >= 11 is 0. The second kappa shape index (κ2) is 3.58. The summed E-state index contributed by atoms with van der Waals surface area (Å²) < 4.78 is 0. The minimum Gasteiger partial charge on any atom is -0.393 e. The lowest BCUT2D eigenvalue weighted by molar-refractivity contribution is -0.0620. The first-order valence-corrected chi connectivity index (χ1v) is 6.26. The Balaban J connectivity index is 2.13. The molecule has 1 saturated carbocycles. The Labute approximate surface area is 102 Å². The SMILES string of the molecule is CC1(C)C(O)CC1c1cccc2ccccc12. The molecule has 1 nitrogen and oxygen atoms in total. The van der Waals surface area contributed by atoms with Crippen LogP contribution in [0.4, 0.5) is 0 Å². The highest BCUT2D eigenvalue weighted by Gasteiger charge is 2.48. The van der Waals surface area contributed by atoms with Gasteiger partial charge in [0.15, 0.2) is 0 Å². The van der Waals surface area contributed by atoms with E-state index in [0.717, 1.165) is 6.42 Å². The molecule has 1 heteroatoms. The van der Waals surface area contributed by atoms with Gasteiger partial charge in [-0.2, -0.15) is 0 Å². The van der Waals surface area contributed by atoms with Gasteiger partial charge < -0.3 is 5.11 Å². The number of hydrogen-bond acceptors (Lipinski definition) is 1. The van der Waals surface area contributed by atoms with Gasteiger partial charge in [0, 0.05) is 0 Å². The van der Waals surface area contributed by atoms with E-state index < -0.39 is 0 Å². The molecule has 0 spiro atoms. The van der Waals surface area contributed by atoms with Gasteiger partial charge in [0.1, 0.15) is 0 Å². The third-order valence-corrected chi connectivity index (χ3v) is 4.41. The summed E-state index contributed by atoms with van der Waals surface area (Å²) in [6.45, 7) is 4.32. The lowest BCUT2D eigenvalue weighted by Crippen LogP contribution is -2.47. The molecule has 0 amide bonds. The number of benzene rings is 2. The Kier molecular flexibility index (Phi) is 2.27. The zero-order valence-corrected chi connectivity index (χ0v) is 10.4. The number of aliphatic hydroxyl groups is 1. The van der Waals surface area contributed by atoms with Gasteiger partial charge in [0.25, 0.3) is 0 Å². The summed E-state index contributed by atoms with van der Waals surface area (Å²) in [5, 5.41) is 12.5. The van der Waals surface area contributed by atoms with Crippen molar-refractivity contribution in [1.82, 2.24) is 0 Å². The normalized spacial score (nSPS) is 26.8. The first-order chi connectivity index (χ1) is 8.10. The Morgan fingerprint density at radius 3 is 2.47 bits per heavy atom. The fourth-order valence-electron chi connectivity index (χ4n) is 2.98. The van der Waals surface area contributed by atoms with Crippen molar-refractivity contribution in [2.75, 3.05) is 0 Å². The molecule has 88 valence electrons. The minimum absolute atomic E-state index is 0.00409. The predicted octanol–water partition coefficient (Wildman–Crippen LogP) is 3.71. The van der Waals surface area contributed by atoms with E-state index in [-0.39, 0.29) is 11.5 Å². The van der Waals surface area contributed by atoms with Crippen LogP contribution in [0.2, 0.25) is 0 Å². The van der Waals surface area contributed by atoms with E-state index in [1.807, 2.05) is 0 Å². The van der Waals surface area contributed by atoms with E-state index in [0.29, 0.717) is 5.92 Å². The highest BCUT2D eigenvalue weighted by molar-refractivity contribution is 5.86. The zero-order valence-electron chi connectivity index (χ0n) is 10.4. The monoisotopic (exact) mass is 226 g/mol. The van der Waals surface area contributed by atoms with Crippen molar-refractivity contribution in [1.29, 1.82) is 0 Å². The maximum atomic E-state index is 9.88. The van der Waals surface area contributed by atoms with Gasteiger partial charge in [-0.05, 0) is 34.1 Å². The summed E-state index contributed by atoms with van der Waals surface area (Å²) in [5.74, 6) is 0.476. The van der Waals surface area contributed by atoms with Crippen molar-refractivity contribution in [2.24, 2.45) is 5.41 Å². The first kappa shape index (κ1) is 10.8. The first-order valence-electron chi connectivity index (χ1n) is 6.26. The van der Waals surface area contributed by atoms with Gasteiger partial charge in [-0.25, -0.2) is 0 Å². The van der Waals surface area contributed by atoms with E-state index in [9.17, 15) is 5.11 Å². The molecule has 1 aliphatic rings. The summed E-state index contributed by atoms with van der Waals surface area (Å²) in [6.07, 6.45) is 0.729. The molecule has 0 aromatic heterocycles. The molecule has 1 fully saturated rings. The second-order valence-corrected chi connectivity index (χ2v) is 5.69. The average molecular weight is 226 g/mol. The van der Waals surface area contributed by atoms with E-state index in [1.54, 1.807) is 0 Å². The van der Waals surface area contributed by atoms with Crippen molar-refractivity contribution in [3.63, 3.8) is 0 Å². The molecular weight excluding hydrogens is 208 g/mol. The van der Waals surface area contributed by atoms with E-state index in [1.165, 1.54) is 16.3 Å². The van der Waals surface area contributed by atoms with Gasteiger partial charge in [-0.1, -0.05) is 56.3 Å². The number of hydrogen-bond donors (Lipinski definition) is 1. The Morgan fingerprint density at radius 1 is 1.06 bits per heavy atom. The number of aliphatic hydroxyl groups excluding tert-OH is 1. The van der Waals surface area contributed by atoms with Crippen molar-refractivity contribution in [3.8, 4) is 0 Å². The molecule has 1 N–H and O–H groups in total. The Bertz CT molecular complexity index is 551. The quantitative estimate of drug-likeness (QED) is 0.785. The van der Waals surface area contributed by atoms with E-state index in [4.69, 9.17) is 0 Å². The number of rotatable bonds is 1. The fourth-order valence-corrected chi connectivity index (χ4v) is 2.98. The van der Waals surface area contributed by atoms with Crippen LogP contribution < -0.4 is 0 Å². The third-order valence-electron chi connectivity index (χ3n) is 4.41. The molecule has 1 aliphatic carbocycles. The number of fused-ring (bicyclic) bond motifs is 1. The third kappa shape index (κ3) is 1.49. The van der Waals surface area contributed by atoms with E-state index >= 15 is 0 Å². The molecular formula is C16H18O. The van der Waals surface area contributed by atoms with Crippen LogP contribution in [0.3, 0.4) is 0 Å². The molecule has 2 atom stereocenters. The summed E-state index contributed by atoms with van der Waals surface area (Å²) in [5.41, 5.74) is 1.39. The molecule has 3 rings (SSSR count). The molecule has 2 aromatic rings. The molecule has 0 heterocycles. The van der Waals surface area contributed by atoms with Crippen molar-refractivity contribution < 1.29 is 5.11 Å². The molecule has 17 heavy (non-hydrogen) atoms. The molecule has 0 bridgehead atoms. The van der Waals surface area contributed by atoms with Gasteiger partial charge in [-0.3, -0.25) is 0 Å². The fraction of sp³-hybridized carbons (Fsp3) is 0.375. The Hall–Kier alpha value is -1.34. The predicted molar refractivity (Wildman–Crippen MR) is 71.1 cm³/mol. The lowest BCUT2D eigenvalue weighted by atomic mass is 9.57. The summed E-state index contributed by atoms with van der Waals surface area (Å²) in [7, 11) is 0. The van der Waals surface area contributed by atoms with Gasteiger partial charge in [0.05, 0.1) is 6.10 Å².